The molecule has 0 saturated heterocycles. The number of amides is 1. The lowest BCUT2D eigenvalue weighted by molar-refractivity contribution is 0.0967. The van der Waals surface area contributed by atoms with Crippen LogP contribution in [0.2, 0.25) is 0 Å². The van der Waals surface area contributed by atoms with Crippen molar-refractivity contribution in [3.05, 3.63) is 47.1 Å². The molecule has 14 heavy (non-hydrogen) atoms. The number of hydrogen-bond donors (Lipinski definition) is 1. The number of nitrogens with one attached hydrogen (secondary N) is 1. The Morgan fingerprint density at radius 2 is 2.07 bits per heavy atom. The van der Waals surface area contributed by atoms with Crippen molar-refractivity contribution in [1.82, 2.24) is 5.32 Å². The summed E-state index contributed by atoms with van der Waals surface area (Å²) in [6, 6.07) is 10.3. The number of rotatable bonds is 2. The van der Waals surface area contributed by atoms with Gasteiger partial charge >= 0.3 is 0 Å². The monoisotopic (exact) mass is 206 g/mol. The molecule has 0 spiro atoms. The molecule has 0 atom stereocenters. The van der Waals surface area contributed by atoms with Gasteiger partial charge in [-0.25, -0.2) is 0 Å². The van der Waals surface area contributed by atoms with Crippen LogP contribution < -0.4 is 5.32 Å². The number of hydrogen-bond acceptors (Lipinski definition) is 2. The third-order valence-corrected chi connectivity index (χ3v) is 1.73. The van der Waals surface area contributed by atoms with Crippen molar-refractivity contribution >= 4 is 17.5 Å². The normalized spacial score (nSPS) is 10.4. The SMILES string of the molecule is N#C/C(=C\Cl)NC(=O)c1ccccc1. The summed E-state index contributed by atoms with van der Waals surface area (Å²) in [7, 11) is 0. The maximum absolute atomic E-state index is 11.4. The van der Waals surface area contributed by atoms with E-state index in [2.05, 4.69) is 5.32 Å². The van der Waals surface area contributed by atoms with E-state index >= 15 is 0 Å². The third-order valence-electron chi connectivity index (χ3n) is 1.51. The van der Waals surface area contributed by atoms with E-state index in [4.69, 9.17) is 16.9 Å². The molecule has 0 aromatic heterocycles. The molecule has 0 aliphatic heterocycles. The summed E-state index contributed by atoms with van der Waals surface area (Å²) in [5, 5.41) is 10.9. The summed E-state index contributed by atoms with van der Waals surface area (Å²) in [4.78, 5) is 11.4. The first-order valence-electron chi connectivity index (χ1n) is 3.85. The Hall–Kier alpha value is -1.79. The highest BCUT2D eigenvalue weighted by Crippen LogP contribution is 2.00. The van der Waals surface area contributed by atoms with Crippen LogP contribution in [0, 0.1) is 11.3 Å². The number of nitriles is 1. The van der Waals surface area contributed by atoms with E-state index in [0.717, 1.165) is 5.54 Å². The Morgan fingerprint density at radius 3 is 2.57 bits per heavy atom. The molecule has 1 N–H and O–H groups in total. The van der Waals surface area contributed by atoms with Gasteiger partial charge in [-0.15, -0.1) is 0 Å². The summed E-state index contributed by atoms with van der Waals surface area (Å²) in [6.45, 7) is 0. The molecule has 0 radical (unpaired) electrons. The largest absolute Gasteiger partial charge is 0.312 e. The Labute approximate surface area is 86.6 Å². The molecule has 1 amide bonds. The van der Waals surface area contributed by atoms with Crippen LogP contribution in [0.15, 0.2) is 41.6 Å². The van der Waals surface area contributed by atoms with Gasteiger partial charge in [0.15, 0.2) is 0 Å². The van der Waals surface area contributed by atoms with E-state index in [0.29, 0.717) is 5.56 Å². The number of benzene rings is 1. The molecule has 3 nitrogen and oxygen atoms in total. The summed E-state index contributed by atoms with van der Waals surface area (Å²) in [5.41, 5.74) is 1.54. The van der Waals surface area contributed by atoms with E-state index in [1.807, 2.05) is 0 Å². The number of allylic oxidation sites excluding steroid dienone is 1. The Kier molecular flexibility index (Phi) is 3.71. The van der Waals surface area contributed by atoms with Crippen molar-refractivity contribution in [2.24, 2.45) is 0 Å². The second-order valence-electron chi connectivity index (χ2n) is 2.45. The quantitative estimate of drug-likeness (QED) is 0.753. The number of carbonyl (C=O) groups excluding carboxylic acids is 1. The zero-order chi connectivity index (χ0) is 10.4. The number of halogens is 1. The van der Waals surface area contributed by atoms with Crippen molar-refractivity contribution in [3.8, 4) is 6.07 Å². The maximum Gasteiger partial charge on any atom is 0.256 e. The van der Waals surface area contributed by atoms with Gasteiger partial charge in [0, 0.05) is 11.1 Å². The summed E-state index contributed by atoms with van der Waals surface area (Å²) >= 11 is 5.30. The van der Waals surface area contributed by atoms with Crippen molar-refractivity contribution < 1.29 is 4.79 Å². The predicted molar refractivity (Wildman–Crippen MR) is 53.5 cm³/mol. The van der Waals surface area contributed by atoms with E-state index in [-0.39, 0.29) is 11.6 Å². The highest BCUT2D eigenvalue weighted by molar-refractivity contribution is 6.26. The molecule has 0 heterocycles. The molecule has 0 bridgehead atoms. The molecule has 0 fully saturated rings. The molecule has 4 heteroatoms. The Bertz CT molecular complexity index is 392. The van der Waals surface area contributed by atoms with Gasteiger partial charge in [-0.3, -0.25) is 4.79 Å². The molecule has 0 unspecified atom stereocenters. The van der Waals surface area contributed by atoms with Gasteiger partial charge in [-0.1, -0.05) is 29.8 Å². The van der Waals surface area contributed by atoms with Crippen LogP contribution in [0.5, 0.6) is 0 Å². The Balaban J connectivity index is 2.75. The number of carbonyl (C=O) groups is 1. The van der Waals surface area contributed by atoms with E-state index in [1.165, 1.54) is 0 Å². The molecule has 70 valence electrons. The minimum atomic E-state index is -0.348. The van der Waals surface area contributed by atoms with Crippen molar-refractivity contribution in [2.75, 3.05) is 0 Å². The van der Waals surface area contributed by atoms with Crippen LogP contribution in [-0.2, 0) is 0 Å². The van der Waals surface area contributed by atoms with Crippen LogP contribution >= 0.6 is 11.6 Å². The first kappa shape index (κ1) is 10.3. The zero-order valence-electron chi connectivity index (χ0n) is 7.20. The second-order valence-corrected chi connectivity index (χ2v) is 2.67. The molecular formula is C10H7ClN2O. The summed E-state index contributed by atoms with van der Waals surface area (Å²) in [6.07, 6.45) is 0. The van der Waals surface area contributed by atoms with Gasteiger partial charge in [0.05, 0.1) is 0 Å². The first-order chi connectivity index (χ1) is 6.77. The third kappa shape index (κ3) is 2.61. The summed E-state index contributed by atoms with van der Waals surface area (Å²) < 4.78 is 0. The van der Waals surface area contributed by atoms with E-state index in [1.54, 1.807) is 36.4 Å². The van der Waals surface area contributed by atoms with Gasteiger partial charge < -0.3 is 5.32 Å². The lowest BCUT2D eigenvalue weighted by Crippen LogP contribution is -2.21. The lowest BCUT2D eigenvalue weighted by atomic mass is 10.2. The van der Waals surface area contributed by atoms with Gasteiger partial charge in [-0.05, 0) is 12.1 Å². The van der Waals surface area contributed by atoms with Crippen LogP contribution in [0.1, 0.15) is 10.4 Å². The minimum Gasteiger partial charge on any atom is -0.312 e. The van der Waals surface area contributed by atoms with Gasteiger partial charge in [-0.2, -0.15) is 5.26 Å². The Morgan fingerprint density at radius 1 is 1.43 bits per heavy atom. The van der Waals surface area contributed by atoms with E-state index < -0.39 is 0 Å². The predicted octanol–water partition coefficient (Wildman–Crippen LogP) is 2.02. The van der Waals surface area contributed by atoms with E-state index in [9.17, 15) is 4.79 Å². The van der Waals surface area contributed by atoms with Crippen molar-refractivity contribution in [2.45, 2.75) is 0 Å². The summed E-state index contributed by atoms with van der Waals surface area (Å²) in [5.74, 6) is -0.348. The van der Waals surface area contributed by atoms with Gasteiger partial charge in [0.25, 0.3) is 5.91 Å². The fourth-order valence-corrected chi connectivity index (χ4v) is 0.967. The van der Waals surface area contributed by atoms with Crippen LogP contribution in [0.25, 0.3) is 0 Å². The van der Waals surface area contributed by atoms with Crippen LogP contribution in [0.4, 0.5) is 0 Å². The topological polar surface area (TPSA) is 52.9 Å². The fraction of sp³-hybridized carbons (Fsp3) is 0. The highest BCUT2D eigenvalue weighted by atomic mass is 35.5. The van der Waals surface area contributed by atoms with Gasteiger partial charge in [0.1, 0.15) is 11.8 Å². The van der Waals surface area contributed by atoms with Crippen molar-refractivity contribution in [3.63, 3.8) is 0 Å². The standard InChI is InChI=1S/C10H7ClN2O/c11-6-9(7-12)13-10(14)8-4-2-1-3-5-8/h1-6H,(H,13,14)/b9-6+. The van der Waals surface area contributed by atoms with Crippen LogP contribution in [-0.4, -0.2) is 5.91 Å². The smallest absolute Gasteiger partial charge is 0.256 e. The van der Waals surface area contributed by atoms with Crippen LogP contribution in [0.3, 0.4) is 0 Å². The average molecular weight is 207 g/mol. The molecule has 0 aliphatic rings. The first-order valence-corrected chi connectivity index (χ1v) is 4.28. The lowest BCUT2D eigenvalue weighted by Gasteiger charge is -2.01. The molecular weight excluding hydrogens is 200 g/mol. The average Bonchev–Trinajstić information content (AvgIpc) is 2.26. The van der Waals surface area contributed by atoms with Gasteiger partial charge in [0.2, 0.25) is 0 Å². The number of nitrogens with zero attached hydrogens (tertiary/aromatic N) is 1. The molecule has 1 aromatic carbocycles. The molecule has 1 aromatic rings. The van der Waals surface area contributed by atoms with Crippen molar-refractivity contribution in [1.29, 1.82) is 5.26 Å². The molecule has 0 saturated carbocycles. The highest BCUT2D eigenvalue weighted by Gasteiger charge is 2.05. The molecule has 1 rings (SSSR count). The minimum absolute atomic E-state index is 0.0283. The fourth-order valence-electron chi connectivity index (χ4n) is 0.864. The second kappa shape index (κ2) is 5.05. The molecule has 0 aliphatic carbocycles. The zero-order valence-corrected chi connectivity index (χ0v) is 7.95. The maximum atomic E-state index is 11.4.